The van der Waals surface area contributed by atoms with Crippen LogP contribution in [0.3, 0.4) is 0 Å². The molecule has 4 nitrogen and oxygen atoms in total. The second-order valence-electron chi connectivity index (χ2n) is 6.04. The van der Waals surface area contributed by atoms with Gasteiger partial charge in [-0.2, -0.15) is 0 Å². The number of amides is 1. The summed E-state index contributed by atoms with van der Waals surface area (Å²) in [5.41, 5.74) is 0. The van der Waals surface area contributed by atoms with E-state index < -0.39 is 0 Å². The zero-order valence-corrected chi connectivity index (χ0v) is 12.0. The number of carbonyl (C=O) groups is 1. The van der Waals surface area contributed by atoms with Crippen molar-refractivity contribution < 1.29 is 14.6 Å². The van der Waals surface area contributed by atoms with Gasteiger partial charge in [0.15, 0.2) is 0 Å². The molecule has 1 aliphatic heterocycles. The van der Waals surface area contributed by atoms with E-state index in [4.69, 9.17) is 4.74 Å². The molecule has 1 saturated heterocycles. The average molecular weight is 269 g/mol. The summed E-state index contributed by atoms with van der Waals surface area (Å²) < 4.78 is 5.60. The van der Waals surface area contributed by atoms with Crippen molar-refractivity contribution in [3.8, 4) is 0 Å². The fourth-order valence-corrected chi connectivity index (χ4v) is 3.29. The molecule has 2 unspecified atom stereocenters. The van der Waals surface area contributed by atoms with Crippen molar-refractivity contribution in [1.82, 2.24) is 4.90 Å². The van der Waals surface area contributed by atoms with Crippen LogP contribution in [-0.4, -0.2) is 47.8 Å². The normalized spacial score (nSPS) is 30.7. The van der Waals surface area contributed by atoms with Crippen LogP contribution in [0.25, 0.3) is 0 Å². The minimum atomic E-state index is -0.207. The number of nitrogens with zero attached hydrogens (tertiary/aromatic N) is 1. The van der Waals surface area contributed by atoms with Gasteiger partial charge in [-0.15, -0.1) is 0 Å². The van der Waals surface area contributed by atoms with Gasteiger partial charge in [-0.3, -0.25) is 4.79 Å². The van der Waals surface area contributed by atoms with Gasteiger partial charge in [0.25, 0.3) is 0 Å². The number of aliphatic hydroxyl groups excluding tert-OH is 1. The predicted molar refractivity (Wildman–Crippen MR) is 73.8 cm³/mol. The summed E-state index contributed by atoms with van der Waals surface area (Å²) in [7, 11) is 0. The zero-order valence-electron chi connectivity index (χ0n) is 12.0. The maximum atomic E-state index is 12.6. The van der Waals surface area contributed by atoms with E-state index in [-0.39, 0.29) is 30.6 Å². The van der Waals surface area contributed by atoms with Gasteiger partial charge in [-0.25, -0.2) is 0 Å². The van der Waals surface area contributed by atoms with Crippen LogP contribution in [0.15, 0.2) is 0 Å². The van der Waals surface area contributed by atoms with Crippen molar-refractivity contribution in [3.63, 3.8) is 0 Å². The van der Waals surface area contributed by atoms with Crippen molar-refractivity contribution >= 4 is 5.91 Å². The first-order valence-electron chi connectivity index (χ1n) is 7.76. The minimum Gasteiger partial charge on any atom is -0.394 e. The molecule has 2 fully saturated rings. The molecular weight excluding hydrogens is 242 g/mol. The molecule has 2 aliphatic rings. The smallest absolute Gasteiger partial charge is 0.225 e. The Kier molecular flexibility index (Phi) is 5.64. The van der Waals surface area contributed by atoms with E-state index in [0.717, 1.165) is 12.8 Å². The highest BCUT2D eigenvalue weighted by atomic mass is 16.5. The fraction of sp³-hybridized carbons (Fsp3) is 0.933. The molecule has 1 aliphatic carbocycles. The molecular formula is C15H27NO3. The molecule has 0 spiro atoms. The highest BCUT2D eigenvalue weighted by Gasteiger charge is 2.31. The molecule has 0 aromatic rings. The Morgan fingerprint density at radius 2 is 1.79 bits per heavy atom. The quantitative estimate of drug-likeness (QED) is 0.833. The highest BCUT2D eigenvalue weighted by Crippen LogP contribution is 2.25. The first-order valence-corrected chi connectivity index (χ1v) is 7.76. The number of hydrogen-bond donors (Lipinski definition) is 1. The largest absolute Gasteiger partial charge is 0.394 e. The molecule has 2 rings (SSSR count). The Hall–Kier alpha value is -0.610. The molecule has 1 heterocycles. The number of aliphatic hydroxyl groups is 1. The van der Waals surface area contributed by atoms with Crippen molar-refractivity contribution in [3.05, 3.63) is 0 Å². The van der Waals surface area contributed by atoms with Crippen LogP contribution in [0.5, 0.6) is 0 Å². The fourth-order valence-electron chi connectivity index (χ4n) is 3.29. The first-order chi connectivity index (χ1) is 9.20. The lowest BCUT2D eigenvalue weighted by molar-refractivity contribution is -0.151. The van der Waals surface area contributed by atoms with E-state index in [2.05, 4.69) is 0 Å². The molecule has 110 valence electrons. The van der Waals surface area contributed by atoms with Crippen LogP contribution in [0.4, 0.5) is 0 Å². The topological polar surface area (TPSA) is 49.8 Å². The summed E-state index contributed by atoms with van der Waals surface area (Å²) in [4.78, 5) is 14.5. The van der Waals surface area contributed by atoms with Crippen molar-refractivity contribution in [2.75, 3.05) is 19.7 Å². The summed E-state index contributed by atoms with van der Waals surface area (Å²) >= 11 is 0. The second kappa shape index (κ2) is 7.25. The van der Waals surface area contributed by atoms with E-state index in [1.165, 1.54) is 32.1 Å². The van der Waals surface area contributed by atoms with E-state index in [9.17, 15) is 9.90 Å². The van der Waals surface area contributed by atoms with Crippen LogP contribution >= 0.6 is 0 Å². The maximum Gasteiger partial charge on any atom is 0.225 e. The van der Waals surface area contributed by atoms with Gasteiger partial charge < -0.3 is 14.7 Å². The van der Waals surface area contributed by atoms with E-state index in [1.807, 2.05) is 11.8 Å². The number of ether oxygens (including phenoxy) is 1. The third-order valence-electron chi connectivity index (χ3n) is 4.30. The van der Waals surface area contributed by atoms with Gasteiger partial charge in [-0.05, 0) is 19.8 Å². The number of rotatable bonds is 2. The predicted octanol–water partition coefficient (Wildman–Crippen LogP) is 1.96. The lowest BCUT2D eigenvalue weighted by atomic mass is 9.90. The van der Waals surface area contributed by atoms with Crippen molar-refractivity contribution in [1.29, 1.82) is 0 Å². The third-order valence-corrected chi connectivity index (χ3v) is 4.30. The molecule has 2 atom stereocenters. The van der Waals surface area contributed by atoms with Crippen LogP contribution in [0, 0.1) is 5.92 Å². The first kappa shape index (κ1) is 14.8. The van der Waals surface area contributed by atoms with Gasteiger partial charge in [0.1, 0.15) is 0 Å². The molecule has 1 saturated carbocycles. The van der Waals surface area contributed by atoms with Gasteiger partial charge >= 0.3 is 0 Å². The number of hydrogen-bond acceptors (Lipinski definition) is 3. The van der Waals surface area contributed by atoms with Crippen molar-refractivity contribution in [2.45, 2.75) is 64.1 Å². The Balaban J connectivity index is 1.92. The van der Waals surface area contributed by atoms with Crippen LogP contribution in [-0.2, 0) is 9.53 Å². The standard InChI is InChI=1S/C15H27NO3/c1-12-9-16(10-14(11-17)19-12)15(18)13-7-5-3-2-4-6-8-13/h12-14,17H,2-11H2,1H3. The average Bonchev–Trinajstić information content (AvgIpc) is 2.37. The molecule has 0 radical (unpaired) electrons. The zero-order chi connectivity index (χ0) is 13.7. The van der Waals surface area contributed by atoms with Crippen LogP contribution in [0.2, 0.25) is 0 Å². The Morgan fingerprint density at radius 3 is 2.42 bits per heavy atom. The minimum absolute atomic E-state index is 0.00120. The second-order valence-corrected chi connectivity index (χ2v) is 6.04. The van der Waals surface area contributed by atoms with Gasteiger partial charge in [0.2, 0.25) is 5.91 Å². The molecule has 1 N–H and O–H groups in total. The van der Waals surface area contributed by atoms with E-state index >= 15 is 0 Å². The van der Waals surface area contributed by atoms with E-state index in [1.54, 1.807) is 0 Å². The SMILES string of the molecule is CC1CN(C(=O)C2CCCCCCC2)CC(CO)O1. The Labute approximate surface area is 116 Å². The molecule has 4 heteroatoms. The summed E-state index contributed by atoms with van der Waals surface area (Å²) in [6.45, 7) is 3.20. The Morgan fingerprint density at radius 1 is 1.16 bits per heavy atom. The van der Waals surface area contributed by atoms with Crippen LogP contribution in [0.1, 0.15) is 51.9 Å². The molecule has 0 aromatic carbocycles. The van der Waals surface area contributed by atoms with Gasteiger partial charge in [-0.1, -0.05) is 32.1 Å². The summed E-state index contributed by atoms with van der Waals surface area (Å²) in [5, 5.41) is 9.24. The lowest BCUT2D eigenvalue weighted by Gasteiger charge is -2.38. The van der Waals surface area contributed by atoms with Gasteiger partial charge in [0.05, 0.1) is 18.8 Å². The third kappa shape index (κ3) is 4.18. The van der Waals surface area contributed by atoms with Crippen molar-refractivity contribution in [2.24, 2.45) is 5.92 Å². The maximum absolute atomic E-state index is 12.6. The summed E-state index contributed by atoms with van der Waals surface area (Å²) in [5.74, 6) is 0.487. The van der Waals surface area contributed by atoms with E-state index in [0.29, 0.717) is 13.1 Å². The van der Waals surface area contributed by atoms with Gasteiger partial charge in [0, 0.05) is 19.0 Å². The molecule has 0 bridgehead atoms. The summed E-state index contributed by atoms with van der Waals surface area (Å²) in [6.07, 6.45) is 8.11. The number of morpholine rings is 1. The number of carbonyl (C=O) groups excluding carboxylic acids is 1. The Bertz CT molecular complexity index is 287. The molecule has 0 aromatic heterocycles. The highest BCUT2D eigenvalue weighted by molar-refractivity contribution is 5.79. The lowest BCUT2D eigenvalue weighted by Crippen LogP contribution is -2.52. The van der Waals surface area contributed by atoms with Crippen LogP contribution < -0.4 is 0 Å². The monoisotopic (exact) mass is 269 g/mol. The molecule has 1 amide bonds. The summed E-state index contributed by atoms with van der Waals surface area (Å²) in [6, 6.07) is 0. The molecule has 19 heavy (non-hydrogen) atoms.